The van der Waals surface area contributed by atoms with E-state index in [1.54, 1.807) is 6.26 Å². The van der Waals surface area contributed by atoms with Crippen molar-refractivity contribution >= 4 is 23.6 Å². The van der Waals surface area contributed by atoms with Gasteiger partial charge in [0.15, 0.2) is 12.2 Å². The van der Waals surface area contributed by atoms with Gasteiger partial charge in [0, 0.05) is 18.0 Å². The van der Waals surface area contributed by atoms with Gasteiger partial charge < -0.3 is 20.1 Å². The van der Waals surface area contributed by atoms with E-state index in [-0.39, 0.29) is 30.3 Å². The zero-order valence-corrected chi connectivity index (χ0v) is 18.4. The summed E-state index contributed by atoms with van der Waals surface area (Å²) >= 11 is 1.27. The predicted octanol–water partition coefficient (Wildman–Crippen LogP) is 3.24. The molecule has 1 saturated carbocycles. The molecule has 2 fully saturated rings. The minimum atomic E-state index is -4.88. The molecule has 1 aromatic rings. The highest BCUT2D eigenvalue weighted by molar-refractivity contribution is 7.98. The normalized spacial score (nSPS) is 24.2. The molecule has 4 unspecified atom stereocenters. The summed E-state index contributed by atoms with van der Waals surface area (Å²) in [5.41, 5.74) is -1.17. The fourth-order valence-electron chi connectivity index (χ4n) is 3.80. The fourth-order valence-corrected chi connectivity index (χ4v) is 4.24. The van der Waals surface area contributed by atoms with Crippen LogP contribution < -0.4 is 10.1 Å². The number of rotatable bonds is 7. The van der Waals surface area contributed by atoms with E-state index in [4.69, 9.17) is 9.84 Å². The molecule has 1 heterocycles. The van der Waals surface area contributed by atoms with Crippen molar-refractivity contribution in [1.29, 1.82) is 0 Å². The Bertz CT molecular complexity index is 925. The Labute approximate surface area is 189 Å². The number of carbonyl (C=O) groups is 2. The lowest BCUT2D eigenvalue weighted by Crippen LogP contribution is -2.45. The molecular weight excluding hydrogens is 478 g/mol. The molecule has 0 aromatic heterocycles. The molecule has 2 amide bonds. The zero-order valence-electron chi connectivity index (χ0n) is 17.6. The Hall–Kier alpha value is -2.15. The van der Waals surface area contributed by atoms with Crippen LogP contribution >= 0.6 is 11.8 Å². The Kier molecular flexibility index (Phi) is 6.87. The maximum Gasteiger partial charge on any atom is 0.425 e. The number of nitrogens with zero attached hydrogens (tertiary/aromatic N) is 1. The fraction of sp³-hybridized carbons (Fsp3) is 0.600. The molecule has 2 aliphatic rings. The number of benzene rings is 1. The van der Waals surface area contributed by atoms with Crippen LogP contribution in [0.25, 0.3) is 0 Å². The molecule has 33 heavy (non-hydrogen) atoms. The number of ether oxygens (including phenoxy) is 1. The molecule has 1 aromatic carbocycles. The van der Waals surface area contributed by atoms with Gasteiger partial charge in [0.05, 0.1) is 17.5 Å². The van der Waals surface area contributed by atoms with E-state index in [0.717, 1.165) is 6.92 Å². The molecule has 0 radical (unpaired) electrons. The second-order valence-corrected chi connectivity index (χ2v) is 9.05. The molecule has 2 N–H and O–H groups in total. The average Bonchev–Trinajstić information content (AvgIpc) is 3.30. The number of fused-ring (bicyclic) bond motifs is 1. The van der Waals surface area contributed by atoms with E-state index in [9.17, 15) is 35.9 Å². The number of likely N-dealkylation sites (tertiary alicyclic amines) is 1. The number of alkyl halides is 6. The molecule has 13 heteroatoms. The monoisotopic (exact) mass is 500 g/mol. The predicted molar refractivity (Wildman–Crippen MR) is 106 cm³/mol. The number of nitrogens with one attached hydrogen (secondary N) is 1. The Morgan fingerprint density at radius 2 is 1.94 bits per heavy atom. The first-order valence-corrected chi connectivity index (χ1v) is 11.2. The molecule has 1 aliphatic heterocycles. The summed E-state index contributed by atoms with van der Waals surface area (Å²) in [7, 11) is 0. The molecule has 4 atom stereocenters. The lowest BCUT2D eigenvalue weighted by molar-refractivity contribution is -0.202. The standard InChI is InChI=1S/C20H22F6N2O4S/c1-10(19(21,22)23)32-14-4-3-12(33-2)5-13(14)16(30)28-8-11-6-18(11,9-28)17(31)27-7-15(29)20(24,25)26/h3-5,10-11,15,29H,6-9H2,1-2H3,(H,27,31). The van der Waals surface area contributed by atoms with Gasteiger partial charge in [-0.05, 0) is 43.7 Å². The minimum absolute atomic E-state index is 0.0950. The average molecular weight is 500 g/mol. The summed E-state index contributed by atoms with van der Waals surface area (Å²) in [6.07, 6.45) is -12.3. The maximum atomic E-state index is 13.1. The summed E-state index contributed by atoms with van der Waals surface area (Å²) in [6, 6.07) is 4.20. The number of halogens is 6. The van der Waals surface area contributed by atoms with Gasteiger partial charge in [0.1, 0.15) is 5.75 Å². The summed E-state index contributed by atoms with van der Waals surface area (Å²) in [6.45, 7) is -0.154. The maximum absolute atomic E-state index is 13.1. The smallest absolute Gasteiger partial charge is 0.425 e. The third kappa shape index (κ3) is 5.34. The van der Waals surface area contributed by atoms with Gasteiger partial charge in [-0.15, -0.1) is 11.8 Å². The highest BCUT2D eigenvalue weighted by atomic mass is 32.2. The van der Waals surface area contributed by atoms with E-state index >= 15 is 0 Å². The molecule has 0 spiro atoms. The second kappa shape index (κ2) is 8.90. The van der Waals surface area contributed by atoms with Crippen LogP contribution in [0.15, 0.2) is 23.1 Å². The van der Waals surface area contributed by atoms with Crippen molar-refractivity contribution in [2.24, 2.45) is 11.3 Å². The summed E-state index contributed by atoms with van der Waals surface area (Å²) < 4.78 is 81.3. The van der Waals surface area contributed by atoms with E-state index < -0.39 is 48.3 Å². The van der Waals surface area contributed by atoms with Crippen molar-refractivity contribution in [2.45, 2.75) is 42.8 Å². The molecule has 184 valence electrons. The van der Waals surface area contributed by atoms with Crippen LogP contribution in [0.3, 0.4) is 0 Å². The quantitative estimate of drug-likeness (QED) is 0.444. The first-order valence-electron chi connectivity index (χ1n) is 9.93. The van der Waals surface area contributed by atoms with Gasteiger partial charge in [0.25, 0.3) is 5.91 Å². The third-order valence-corrected chi connectivity index (χ3v) is 6.63. The largest absolute Gasteiger partial charge is 0.480 e. The van der Waals surface area contributed by atoms with Gasteiger partial charge in [-0.2, -0.15) is 26.3 Å². The first kappa shape index (κ1) is 25.5. The van der Waals surface area contributed by atoms with Crippen LogP contribution in [-0.4, -0.2) is 72.3 Å². The summed E-state index contributed by atoms with van der Waals surface area (Å²) in [5.74, 6) is -1.88. The van der Waals surface area contributed by atoms with E-state index in [1.165, 1.54) is 34.9 Å². The lowest BCUT2D eigenvalue weighted by Gasteiger charge is -2.24. The van der Waals surface area contributed by atoms with Crippen molar-refractivity contribution in [1.82, 2.24) is 10.2 Å². The van der Waals surface area contributed by atoms with Gasteiger partial charge in [-0.25, -0.2) is 0 Å². The van der Waals surface area contributed by atoms with Gasteiger partial charge in [-0.3, -0.25) is 9.59 Å². The third-order valence-electron chi connectivity index (χ3n) is 5.90. The molecule has 3 rings (SSSR count). The Balaban J connectivity index is 1.73. The van der Waals surface area contributed by atoms with Crippen LogP contribution in [0.4, 0.5) is 26.3 Å². The van der Waals surface area contributed by atoms with Crippen molar-refractivity contribution in [3.05, 3.63) is 23.8 Å². The molecule has 1 aliphatic carbocycles. The highest BCUT2D eigenvalue weighted by Gasteiger charge is 2.65. The summed E-state index contributed by atoms with van der Waals surface area (Å²) in [4.78, 5) is 27.5. The number of thioether (sulfide) groups is 1. The first-order chi connectivity index (χ1) is 15.2. The van der Waals surface area contributed by atoms with Gasteiger partial charge >= 0.3 is 12.4 Å². The van der Waals surface area contributed by atoms with Crippen LogP contribution in [0.1, 0.15) is 23.7 Å². The van der Waals surface area contributed by atoms with Crippen molar-refractivity contribution in [3.63, 3.8) is 0 Å². The van der Waals surface area contributed by atoms with Crippen LogP contribution in [0, 0.1) is 11.3 Å². The number of amides is 2. The van der Waals surface area contributed by atoms with Crippen molar-refractivity contribution in [3.8, 4) is 5.75 Å². The number of piperidine rings is 1. The van der Waals surface area contributed by atoms with Crippen LogP contribution in [0.5, 0.6) is 5.75 Å². The van der Waals surface area contributed by atoms with E-state index in [2.05, 4.69) is 5.32 Å². The summed E-state index contributed by atoms with van der Waals surface area (Å²) in [5, 5.41) is 11.2. The molecule has 6 nitrogen and oxygen atoms in total. The molecule has 0 bridgehead atoms. The van der Waals surface area contributed by atoms with E-state index in [1.807, 2.05) is 0 Å². The minimum Gasteiger partial charge on any atom is -0.480 e. The van der Waals surface area contributed by atoms with Gasteiger partial charge in [-0.1, -0.05) is 0 Å². The number of hydrogen-bond acceptors (Lipinski definition) is 5. The topological polar surface area (TPSA) is 78.9 Å². The Morgan fingerprint density at radius 1 is 1.27 bits per heavy atom. The Morgan fingerprint density at radius 3 is 2.52 bits per heavy atom. The SMILES string of the molecule is CSc1ccc(OC(C)C(F)(F)F)c(C(=O)N2CC3CC3(C(=O)NCC(O)C(F)(F)F)C2)c1. The van der Waals surface area contributed by atoms with Crippen molar-refractivity contribution < 1.29 is 45.8 Å². The highest BCUT2D eigenvalue weighted by Crippen LogP contribution is 2.58. The second-order valence-electron chi connectivity index (χ2n) is 8.17. The number of aliphatic hydroxyl groups excluding tert-OH is 1. The lowest BCUT2D eigenvalue weighted by atomic mass is 10.1. The van der Waals surface area contributed by atoms with Gasteiger partial charge in [0.2, 0.25) is 5.91 Å². The number of carbonyl (C=O) groups excluding carboxylic acids is 2. The molecular formula is C20H22F6N2O4S. The number of aliphatic hydroxyl groups is 1. The van der Waals surface area contributed by atoms with E-state index in [0.29, 0.717) is 11.3 Å². The van der Waals surface area contributed by atoms with Crippen molar-refractivity contribution in [2.75, 3.05) is 25.9 Å². The van der Waals surface area contributed by atoms with Crippen LogP contribution in [-0.2, 0) is 4.79 Å². The molecule has 1 saturated heterocycles. The van der Waals surface area contributed by atoms with Crippen LogP contribution in [0.2, 0.25) is 0 Å². The zero-order chi connectivity index (χ0) is 24.8. The number of hydrogen-bond donors (Lipinski definition) is 2.